The molecule has 0 saturated heterocycles. The van der Waals surface area contributed by atoms with Crippen LogP contribution in [0, 0.1) is 11.8 Å². The average molecular weight is 365 g/mol. The molecule has 0 heterocycles. The fourth-order valence-corrected chi connectivity index (χ4v) is 3.89. The van der Waals surface area contributed by atoms with E-state index in [0.717, 1.165) is 40.8 Å². The number of carbonyl (C=O) groups excluding carboxylic acids is 1. The average Bonchev–Trinajstić information content (AvgIpc) is 2.94. The van der Waals surface area contributed by atoms with E-state index in [1.807, 2.05) is 6.07 Å². The standard InChI is InChI=1S/C25H32O2/c1-7-17-13-19-20(23(17)26)14-21(25(4,5)6)24(27-15-16(2)3)22(19)18-11-9-8-10-12-18/h8-12,14,16-17H,7,13,15H2,1-6H3. The summed E-state index contributed by atoms with van der Waals surface area (Å²) in [5.41, 5.74) is 5.37. The van der Waals surface area contributed by atoms with E-state index in [2.05, 4.69) is 71.9 Å². The minimum absolute atomic E-state index is 0.0932. The van der Waals surface area contributed by atoms with Crippen LogP contribution < -0.4 is 4.74 Å². The second-order valence-electron chi connectivity index (χ2n) is 9.15. The summed E-state index contributed by atoms with van der Waals surface area (Å²) in [5.74, 6) is 1.80. The van der Waals surface area contributed by atoms with Crippen molar-refractivity contribution in [2.45, 2.75) is 59.8 Å². The third kappa shape index (κ3) is 3.81. The highest BCUT2D eigenvalue weighted by atomic mass is 16.5. The van der Waals surface area contributed by atoms with Gasteiger partial charge in [0.15, 0.2) is 5.78 Å². The lowest BCUT2D eigenvalue weighted by atomic mass is 9.81. The van der Waals surface area contributed by atoms with E-state index in [1.165, 1.54) is 5.56 Å². The number of hydrogen-bond acceptors (Lipinski definition) is 2. The number of benzene rings is 2. The summed E-state index contributed by atoms with van der Waals surface area (Å²) in [6, 6.07) is 12.5. The van der Waals surface area contributed by atoms with Gasteiger partial charge in [-0.3, -0.25) is 4.79 Å². The smallest absolute Gasteiger partial charge is 0.166 e. The molecule has 2 heteroatoms. The molecule has 0 saturated carbocycles. The molecule has 0 N–H and O–H groups in total. The molecule has 0 aliphatic heterocycles. The van der Waals surface area contributed by atoms with Crippen LogP contribution in [0.3, 0.4) is 0 Å². The molecular weight excluding hydrogens is 332 g/mol. The predicted octanol–water partition coefficient (Wildman–Crippen LogP) is 6.45. The van der Waals surface area contributed by atoms with Gasteiger partial charge in [0.1, 0.15) is 5.75 Å². The van der Waals surface area contributed by atoms with E-state index in [1.54, 1.807) is 0 Å². The molecule has 1 aliphatic carbocycles. The zero-order valence-corrected chi connectivity index (χ0v) is 17.6. The minimum atomic E-state index is -0.102. The molecular formula is C25H32O2. The molecule has 0 spiro atoms. The molecule has 0 radical (unpaired) electrons. The van der Waals surface area contributed by atoms with Gasteiger partial charge in [0.25, 0.3) is 0 Å². The van der Waals surface area contributed by atoms with Crippen LogP contribution in [-0.2, 0) is 11.8 Å². The van der Waals surface area contributed by atoms with Crippen molar-refractivity contribution < 1.29 is 9.53 Å². The Labute approximate surface area is 164 Å². The number of ketones is 1. The van der Waals surface area contributed by atoms with Crippen LogP contribution in [0.2, 0.25) is 0 Å². The maximum absolute atomic E-state index is 13.0. The van der Waals surface area contributed by atoms with Gasteiger partial charge in [-0.15, -0.1) is 0 Å². The topological polar surface area (TPSA) is 26.3 Å². The van der Waals surface area contributed by atoms with Crippen LogP contribution in [0.25, 0.3) is 11.1 Å². The number of rotatable bonds is 5. The summed E-state index contributed by atoms with van der Waals surface area (Å²) in [4.78, 5) is 13.0. The lowest BCUT2D eigenvalue weighted by molar-refractivity contribution is 0.0934. The van der Waals surface area contributed by atoms with Gasteiger partial charge >= 0.3 is 0 Å². The van der Waals surface area contributed by atoms with Gasteiger partial charge in [0, 0.05) is 22.6 Å². The van der Waals surface area contributed by atoms with Crippen molar-refractivity contribution in [3.05, 3.63) is 53.1 Å². The van der Waals surface area contributed by atoms with E-state index in [9.17, 15) is 4.79 Å². The van der Waals surface area contributed by atoms with Gasteiger partial charge in [-0.25, -0.2) is 0 Å². The highest BCUT2D eigenvalue weighted by Crippen LogP contribution is 2.47. The van der Waals surface area contributed by atoms with Crippen molar-refractivity contribution in [3.8, 4) is 16.9 Å². The molecule has 27 heavy (non-hydrogen) atoms. The zero-order valence-electron chi connectivity index (χ0n) is 17.6. The SMILES string of the molecule is CCC1Cc2c(cc(C(C)(C)C)c(OCC(C)C)c2-c2ccccc2)C1=O. The Morgan fingerprint density at radius 3 is 2.37 bits per heavy atom. The molecule has 1 aliphatic rings. The highest BCUT2D eigenvalue weighted by molar-refractivity contribution is 6.05. The molecule has 2 aromatic carbocycles. The lowest BCUT2D eigenvalue weighted by Crippen LogP contribution is -2.17. The summed E-state index contributed by atoms with van der Waals surface area (Å²) in [7, 11) is 0. The first kappa shape index (κ1) is 19.7. The Balaban J connectivity index is 2.31. The van der Waals surface area contributed by atoms with Crippen LogP contribution in [-0.4, -0.2) is 12.4 Å². The molecule has 1 unspecified atom stereocenters. The molecule has 0 aromatic heterocycles. The summed E-state index contributed by atoms with van der Waals surface area (Å²) < 4.78 is 6.43. The maximum atomic E-state index is 13.0. The summed E-state index contributed by atoms with van der Waals surface area (Å²) in [6.45, 7) is 13.7. The third-order valence-electron chi connectivity index (χ3n) is 5.40. The van der Waals surface area contributed by atoms with Gasteiger partial charge in [0.05, 0.1) is 6.61 Å². The Kier molecular flexibility index (Phi) is 5.46. The molecule has 2 nitrogen and oxygen atoms in total. The van der Waals surface area contributed by atoms with Crippen LogP contribution in [0.1, 0.15) is 69.4 Å². The molecule has 144 valence electrons. The Morgan fingerprint density at radius 1 is 1.15 bits per heavy atom. The zero-order chi connectivity index (χ0) is 19.8. The van der Waals surface area contributed by atoms with Crippen molar-refractivity contribution >= 4 is 5.78 Å². The summed E-state index contributed by atoms with van der Waals surface area (Å²) >= 11 is 0. The largest absolute Gasteiger partial charge is 0.492 e. The number of carbonyl (C=O) groups is 1. The molecule has 0 amide bonds. The van der Waals surface area contributed by atoms with E-state index in [4.69, 9.17) is 4.74 Å². The van der Waals surface area contributed by atoms with Gasteiger partial charge in [-0.05, 0) is 41.4 Å². The third-order valence-corrected chi connectivity index (χ3v) is 5.40. The minimum Gasteiger partial charge on any atom is -0.492 e. The van der Waals surface area contributed by atoms with Crippen molar-refractivity contribution in [3.63, 3.8) is 0 Å². The first-order chi connectivity index (χ1) is 12.7. The highest BCUT2D eigenvalue weighted by Gasteiger charge is 2.36. The van der Waals surface area contributed by atoms with E-state index in [-0.39, 0.29) is 11.3 Å². The fourth-order valence-electron chi connectivity index (χ4n) is 3.89. The van der Waals surface area contributed by atoms with Crippen molar-refractivity contribution in [2.75, 3.05) is 6.61 Å². The number of Topliss-reactive ketones (excluding diaryl/α,β-unsaturated/α-hetero) is 1. The Bertz CT molecular complexity index is 826. The molecule has 2 aromatic rings. The quantitative estimate of drug-likeness (QED) is 0.609. The number of ether oxygens (including phenoxy) is 1. The van der Waals surface area contributed by atoms with Crippen LogP contribution in [0.5, 0.6) is 5.75 Å². The Morgan fingerprint density at radius 2 is 1.81 bits per heavy atom. The first-order valence-corrected chi connectivity index (χ1v) is 10.2. The van der Waals surface area contributed by atoms with E-state index in [0.29, 0.717) is 18.3 Å². The van der Waals surface area contributed by atoms with Gasteiger partial charge < -0.3 is 4.74 Å². The van der Waals surface area contributed by atoms with E-state index < -0.39 is 0 Å². The molecule has 0 fully saturated rings. The predicted molar refractivity (Wildman–Crippen MR) is 113 cm³/mol. The monoisotopic (exact) mass is 364 g/mol. The van der Waals surface area contributed by atoms with Crippen LogP contribution >= 0.6 is 0 Å². The maximum Gasteiger partial charge on any atom is 0.166 e. The second kappa shape index (κ2) is 7.50. The van der Waals surface area contributed by atoms with Crippen molar-refractivity contribution in [1.29, 1.82) is 0 Å². The number of hydrogen-bond donors (Lipinski definition) is 0. The number of fused-ring (bicyclic) bond motifs is 1. The normalized spacial score (nSPS) is 16.7. The second-order valence-corrected chi connectivity index (χ2v) is 9.15. The van der Waals surface area contributed by atoms with Gasteiger partial charge in [-0.2, -0.15) is 0 Å². The molecule has 1 atom stereocenters. The molecule has 3 rings (SSSR count). The summed E-state index contributed by atoms with van der Waals surface area (Å²) in [6.07, 6.45) is 1.70. The van der Waals surface area contributed by atoms with Crippen molar-refractivity contribution in [2.24, 2.45) is 11.8 Å². The van der Waals surface area contributed by atoms with Crippen LogP contribution in [0.15, 0.2) is 36.4 Å². The first-order valence-electron chi connectivity index (χ1n) is 10.2. The van der Waals surface area contributed by atoms with Crippen molar-refractivity contribution in [1.82, 2.24) is 0 Å². The van der Waals surface area contributed by atoms with Gasteiger partial charge in [-0.1, -0.05) is 71.9 Å². The lowest BCUT2D eigenvalue weighted by Gasteiger charge is -2.27. The van der Waals surface area contributed by atoms with E-state index >= 15 is 0 Å². The summed E-state index contributed by atoms with van der Waals surface area (Å²) in [5, 5.41) is 0. The Hall–Kier alpha value is -2.09. The van der Waals surface area contributed by atoms with Gasteiger partial charge in [0.2, 0.25) is 0 Å². The van der Waals surface area contributed by atoms with Crippen LogP contribution in [0.4, 0.5) is 0 Å². The molecule has 0 bridgehead atoms. The fraction of sp³-hybridized carbons (Fsp3) is 0.480.